The summed E-state index contributed by atoms with van der Waals surface area (Å²) in [6.07, 6.45) is 5.74. The van der Waals surface area contributed by atoms with E-state index in [0.717, 1.165) is 5.56 Å². The van der Waals surface area contributed by atoms with Gasteiger partial charge in [-0.05, 0) is 52.9 Å². The van der Waals surface area contributed by atoms with E-state index in [9.17, 15) is 13.2 Å². The van der Waals surface area contributed by atoms with Gasteiger partial charge < -0.3 is 10.1 Å². The molecule has 3 N–H and O–H groups in total. The van der Waals surface area contributed by atoms with E-state index >= 15 is 0 Å². The second-order valence-electron chi connectivity index (χ2n) is 9.87. The van der Waals surface area contributed by atoms with Gasteiger partial charge in [0.25, 0.3) is 5.91 Å². The van der Waals surface area contributed by atoms with E-state index in [1.807, 2.05) is 24.3 Å². The van der Waals surface area contributed by atoms with Crippen LogP contribution < -0.4 is 15.2 Å². The zero-order valence-corrected chi connectivity index (χ0v) is 19.3. The molecule has 0 bridgehead atoms. The third-order valence-corrected chi connectivity index (χ3v) is 7.36. The lowest BCUT2D eigenvalue weighted by atomic mass is 9.86. The standard InChI is InChI=1S/C23H32N2O4S/c1-22(2,3)15-9-12-18(29-6)17(13-15)21(26)25-20-19(23(20,4)5)14-7-10-16(11-8-14)30(24,27)28/h7,9-14,19-20H,8H2,1-6H3,(H,25,26)(H2,24,27,28)/t14?,19-,20-/m0/s1. The maximum Gasteiger partial charge on any atom is 0.255 e. The molecule has 6 nitrogen and oxygen atoms in total. The van der Waals surface area contributed by atoms with E-state index in [4.69, 9.17) is 9.88 Å². The van der Waals surface area contributed by atoms with Crippen LogP contribution in [0.3, 0.4) is 0 Å². The molecule has 1 aromatic carbocycles. The highest BCUT2D eigenvalue weighted by atomic mass is 32.2. The van der Waals surface area contributed by atoms with Crippen LogP contribution in [0.2, 0.25) is 0 Å². The van der Waals surface area contributed by atoms with Crippen molar-refractivity contribution in [2.45, 2.75) is 52.5 Å². The Morgan fingerprint density at radius 1 is 1.27 bits per heavy atom. The molecule has 30 heavy (non-hydrogen) atoms. The summed E-state index contributed by atoms with van der Waals surface area (Å²) >= 11 is 0. The number of sulfonamides is 1. The van der Waals surface area contributed by atoms with Crippen molar-refractivity contribution < 1.29 is 17.9 Å². The topological polar surface area (TPSA) is 98.5 Å². The number of amides is 1. The Balaban J connectivity index is 1.77. The van der Waals surface area contributed by atoms with Gasteiger partial charge in [-0.1, -0.05) is 52.8 Å². The maximum absolute atomic E-state index is 13.1. The fraction of sp³-hybridized carbons (Fsp3) is 0.522. The van der Waals surface area contributed by atoms with Crippen LogP contribution in [0.5, 0.6) is 5.75 Å². The van der Waals surface area contributed by atoms with Gasteiger partial charge in [0.2, 0.25) is 10.0 Å². The number of ether oxygens (including phenoxy) is 1. The number of carbonyl (C=O) groups excluding carboxylic acids is 1. The van der Waals surface area contributed by atoms with Gasteiger partial charge in [-0.2, -0.15) is 0 Å². The lowest BCUT2D eigenvalue weighted by Gasteiger charge is -2.21. The van der Waals surface area contributed by atoms with Crippen LogP contribution in [0.4, 0.5) is 0 Å². The van der Waals surface area contributed by atoms with Crippen LogP contribution in [0.1, 0.15) is 57.0 Å². The van der Waals surface area contributed by atoms with E-state index < -0.39 is 10.0 Å². The summed E-state index contributed by atoms with van der Waals surface area (Å²) in [4.78, 5) is 13.3. The molecule has 1 unspecified atom stereocenters. The van der Waals surface area contributed by atoms with Crippen LogP contribution in [-0.2, 0) is 15.4 Å². The number of rotatable bonds is 5. The molecule has 1 saturated carbocycles. The predicted octanol–water partition coefficient (Wildman–Crippen LogP) is 3.50. The smallest absolute Gasteiger partial charge is 0.255 e. The summed E-state index contributed by atoms with van der Waals surface area (Å²) in [6, 6.07) is 5.73. The number of allylic oxidation sites excluding steroid dienone is 3. The van der Waals surface area contributed by atoms with Gasteiger partial charge in [0.05, 0.1) is 17.6 Å². The molecule has 3 atom stereocenters. The number of primary sulfonamides is 1. The third kappa shape index (κ3) is 4.32. The van der Waals surface area contributed by atoms with Crippen molar-refractivity contribution in [1.29, 1.82) is 0 Å². The second-order valence-corrected chi connectivity index (χ2v) is 11.4. The number of benzene rings is 1. The van der Waals surface area contributed by atoms with Crippen LogP contribution in [0.25, 0.3) is 0 Å². The van der Waals surface area contributed by atoms with Gasteiger partial charge in [-0.15, -0.1) is 0 Å². The molecular formula is C23H32N2O4S. The van der Waals surface area contributed by atoms with Crippen molar-refractivity contribution in [3.05, 3.63) is 52.5 Å². The molecule has 3 rings (SSSR count). The Labute approximate surface area is 179 Å². The zero-order chi connectivity index (χ0) is 22.5. The molecule has 1 fully saturated rings. The minimum absolute atomic E-state index is 0.00733. The highest BCUT2D eigenvalue weighted by molar-refractivity contribution is 7.93. The third-order valence-electron chi connectivity index (χ3n) is 6.40. The second kappa shape index (κ2) is 7.54. The molecule has 0 aromatic heterocycles. The van der Waals surface area contributed by atoms with E-state index in [2.05, 4.69) is 39.9 Å². The molecular weight excluding hydrogens is 400 g/mol. The molecule has 2 aliphatic rings. The van der Waals surface area contributed by atoms with Gasteiger partial charge in [0, 0.05) is 6.04 Å². The first kappa shape index (κ1) is 22.6. The maximum atomic E-state index is 13.1. The summed E-state index contributed by atoms with van der Waals surface area (Å²) < 4.78 is 28.5. The molecule has 0 radical (unpaired) electrons. The quantitative estimate of drug-likeness (QED) is 0.744. The summed E-state index contributed by atoms with van der Waals surface area (Å²) in [7, 11) is -2.12. The molecule has 0 spiro atoms. The van der Waals surface area contributed by atoms with Crippen molar-refractivity contribution in [3.63, 3.8) is 0 Å². The number of hydrogen-bond acceptors (Lipinski definition) is 4. The molecule has 7 heteroatoms. The SMILES string of the molecule is COc1ccc(C(C)(C)C)cc1C(=O)N[C@H]1[C@H](C2C=CC(S(N)(=O)=O)=CC2)C1(C)C. The number of nitrogens with two attached hydrogens (primary N) is 1. The van der Waals surface area contributed by atoms with Gasteiger partial charge in [-0.3, -0.25) is 4.79 Å². The molecule has 1 aromatic rings. The first-order valence-electron chi connectivity index (χ1n) is 10.2. The van der Waals surface area contributed by atoms with E-state index in [1.165, 1.54) is 0 Å². The first-order valence-corrected chi connectivity index (χ1v) is 11.7. The fourth-order valence-corrected chi connectivity index (χ4v) is 5.01. The Bertz CT molecular complexity index is 1020. The van der Waals surface area contributed by atoms with Crippen molar-refractivity contribution in [2.75, 3.05) is 7.11 Å². The number of nitrogens with one attached hydrogen (secondary N) is 1. The van der Waals surface area contributed by atoms with Gasteiger partial charge >= 0.3 is 0 Å². The lowest BCUT2D eigenvalue weighted by Crippen LogP contribution is -2.30. The minimum atomic E-state index is -3.69. The summed E-state index contributed by atoms with van der Waals surface area (Å²) in [5.74, 6) is 0.763. The van der Waals surface area contributed by atoms with Gasteiger partial charge in [-0.25, -0.2) is 13.6 Å². The Hall–Kier alpha value is -2.12. The average Bonchev–Trinajstić information content (AvgIpc) is 3.19. The van der Waals surface area contributed by atoms with Crippen molar-refractivity contribution in [3.8, 4) is 5.75 Å². The van der Waals surface area contributed by atoms with Crippen LogP contribution in [0.15, 0.2) is 41.3 Å². The number of hydrogen-bond donors (Lipinski definition) is 2. The Morgan fingerprint density at radius 2 is 1.93 bits per heavy atom. The largest absolute Gasteiger partial charge is 0.496 e. The van der Waals surface area contributed by atoms with E-state index in [0.29, 0.717) is 17.7 Å². The Kier molecular flexibility index (Phi) is 5.67. The fourth-order valence-electron chi connectivity index (χ4n) is 4.42. The van der Waals surface area contributed by atoms with Crippen LogP contribution in [0, 0.1) is 17.3 Å². The normalized spacial score (nSPS) is 25.4. The summed E-state index contributed by atoms with van der Waals surface area (Å²) in [5.41, 5.74) is 1.42. The molecule has 0 saturated heterocycles. The van der Waals surface area contributed by atoms with Gasteiger partial charge in [0.1, 0.15) is 5.75 Å². The first-order chi connectivity index (χ1) is 13.8. The van der Waals surface area contributed by atoms with Crippen molar-refractivity contribution in [2.24, 2.45) is 22.4 Å². The van der Waals surface area contributed by atoms with Gasteiger partial charge in [0.15, 0.2) is 0 Å². The average molecular weight is 433 g/mol. The molecule has 1 amide bonds. The molecule has 2 aliphatic carbocycles. The predicted molar refractivity (Wildman–Crippen MR) is 119 cm³/mol. The zero-order valence-electron chi connectivity index (χ0n) is 18.5. The van der Waals surface area contributed by atoms with Crippen molar-refractivity contribution in [1.82, 2.24) is 5.32 Å². The highest BCUT2D eigenvalue weighted by Gasteiger charge is 2.61. The minimum Gasteiger partial charge on any atom is -0.496 e. The summed E-state index contributed by atoms with van der Waals surface area (Å²) in [5, 5.41) is 8.40. The monoisotopic (exact) mass is 432 g/mol. The Morgan fingerprint density at radius 3 is 2.43 bits per heavy atom. The molecule has 164 valence electrons. The van der Waals surface area contributed by atoms with E-state index in [-0.39, 0.29) is 39.5 Å². The highest BCUT2D eigenvalue weighted by Crippen LogP contribution is 2.57. The molecule has 0 aliphatic heterocycles. The number of carbonyl (C=O) groups is 1. The summed E-state index contributed by atoms with van der Waals surface area (Å²) in [6.45, 7) is 10.6. The number of methoxy groups -OCH3 is 1. The van der Waals surface area contributed by atoms with Crippen LogP contribution in [-0.4, -0.2) is 27.5 Å². The van der Waals surface area contributed by atoms with Crippen molar-refractivity contribution >= 4 is 15.9 Å². The lowest BCUT2D eigenvalue weighted by molar-refractivity contribution is 0.0941. The van der Waals surface area contributed by atoms with E-state index in [1.54, 1.807) is 19.3 Å². The van der Waals surface area contributed by atoms with Crippen LogP contribution >= 0.6 is 0 Å². The molecule has 0 heterocycles.